The van der Waals surface area contributed by atoms with Crippen molar-refractivity contribution in [2.75, 3.05) is 6.61 Å². The Bertz CT molecular complexity index is 862. The molecule has 1 aromatic rings. The Morgan fingerprint density at radius 2 is 1.41 bits per heavy atom. The Morgan fingerprint density at radius 1 is 0.882 bits per heavy atom. The predicted molar refractivity (Wildman–Crippen MR) is 122 cm³/mol. The minimum Gasteiger partial charge on any atom is -0.480 e. The first kappa shape index (κ1) is 28.5. The van der Waals surface area contributed by atoms with Gasteiger partial charge in [0, 0.05) is 0 Å². The maximum Gasteiger partial charge on any atom is 0.326 e. The van der Waals surface area contributed by atoms with Gasteiger partial charge in [0.25, 0.3) is 0 Å². The topological polar surface area (TPSA) is 214 Å². The molecule has 188 valence electrons. The summed E-state index contributed by atoms with van der Waals surface area (Å²) in [4.78, 5) is 60.0. The van der Waals surface area contributed by atoms with Gasteiger partial charge in [0.2, 0.25) is 23.6 Å². The van der Waals surface area contributed by atoms with Crippen LogP contribution in [0.1, 0.15) is 32.3 Å². The number of hydrogen-bond acceptors (Lipinski definition) is 7. The van der Waals surface area contributed by atoms with E-state index >= 15 is 0 Å². The number of rotatable bonds is 14. The number of carboxylic acids is 1. The second-order valence-electron chi connectivity index (χ2n) is 8.30. The summed E-state index contributed by atoms with van der Waals surface area (Å²) in [5.41, 5.74) is 11.8. The van der Waals surface area contributed by atoms with Crippen molar-refractivity contribution in [3.8, 4) is 0 Å². The maximum atomic E-state index is 12.8. The first-order valence-electron chi connectivity index (χ1n) is 10.8. The molecule has 0 aliphatic heterocycles. The van der Waals surface area contributed by atoms with Crippen LogP contribution >= 0.6 is 0 Å². The number of benzene rings is 1. The van der Waals surface area contributed by atoms with Crippen LogP contribution in [0.4, 0.5) is 0 Å². The fraction of sp³-hybridized carbons (Fsp3) is 0.500. The molecule has 0 heterocycles. The van der Waals surface area contributed by atoms with Crippen molar-refractivity contribution in [2.45, 2.75) is 57.3 Å². The van der Waals surface area contributed by atoms with Crippen LogP contribution < -0.4 is 27.4 Å². The third-order valence-electron chi connectivity index (χ3n) is 4.81. The number of aliphatic hydroxyl groups is 1. The molecular weight excluding hydrogens is 446 g/mol. The molecule has 4 amide bonds. The summed E-state index contributed by atoms with van der Waals surface area (Å²) < 4.78 is 0. The van der Waals surface area contributed by atoms with Crippen molar-refractivity contribution in [3.63, 3.8) is 0 Å². The molecule has 34 heavy (non-hydrogen) atoms. The second-order valence-corrected chi connectivity index (χ2v) is 8.30. The lowest BCUT2D eigenvalue weighted by atomic mass is 10.0. The molecule has 0 aliphatic carbocycles. The molecule has 12 nitrogen and oxygen atoms in total. The number of nitrogens with one attached hydrogen (secondary N) is 3. The molecule has 4 atom stereocenters. The van der Waals surface area contributed by atoms with Crippen LogP contribution in [-0.2, 0) is 30.4 Å². The highest BCUT2D eigenvalue weighted by molar-refractivity contribution is 5.95. The van der Waals surface area contributed by atoms with E-state index in [9.17, 15) is 29.1 Å². The Labute approximate surface area is 197 Å². The molecule has 4 unspecified atom stereocenters. The Kier molecular flexibility index (Phi) is 11.7. The van der Waals surface area contributed by atoms with Gasteiger partial charge in [-0.15, -0.1) is 0 Å². The number of amides is 4. The van der Waals surface area contributed by atoms with E-state index in [1.165, 1.54) is 0 Å². The van der Waals surface area contributed by atoms with Gasteiger partial charge in [-0.1, -0.05) is 44.2 Å². The van der Waals surface area contributed by atoms with Gasteiger partial charge in [-0.2, -0.15) is 0 Å². The Hall–Kier alpha value is -3.51. The number of aliphatic hydroxyl groups excluding tert-OH is 1. The summed E-state index contributed by atoms with van der Waals surface area (Å²) in [6.45, 7) is 2.80. The molecule has 1 rings (SSSR count). The summed E-state index contributed by atoms with van der Waals surface area (Å²) in [5, 5.41) is 25.6. The summed E-state index contributed by atoms with van der Waals surface area (Å²) in [6.07, 6.45) is -0.200. The van der Waals surface area contributed by atoms with Crippen LogP contribution in [0.25, 0.3) is 0 Å². The fourth-order valence-corrected chi connectivity index (χ4v) is 3.08. The molecule has 0 aromatic heterocycles. The van der Waals surface area contributed by atoms with E-state index in [1.807, 2.05) is 49.5 Å². The minimum absolute atomic E-state index is 0.0187. The van der Waals surface area contributed by atoms with Gasteiger partial charge in [0.05, 0.1) is 19.1 Å². The van der Waals surface area contributed by atoms with E-state index in [4.69, 9.17) is 16.6 Å². The number of carboxylic acid groups (broad SMARTS) is 1. The van der Waals surface area contributed by atoms with Crippen LogP contribution in [0.5, 0.6) is 0 Å². The van der Waals surface area contributed by atoms with Crippen molar-refractivity contribution < 1.29 is 34.2 Å². The normalized spacial score (nSPS) is 14.4. The number of hydrogen-bond donors (Lipinski definition) is 7. The number of carbonyl (C=O) groups is 5. The second kappa shape index (κ2) is 13.9. The van der Waals surface area contributed by atoms with E-state index in [2.05, 4.69) is 10.6 Å². The maximum absolute atomic E-state index is 12.8. The quantitative estimate of drug-likeness (QED) is 0.158. The summed E-state index contributed by atoms with van der Waals surface area (Å²) in [6, 6.07) is 3.96. The zero-order valence-corrected chi connectivity index (χ0v) is 19.2. The average Bonchev–Trinajstić information content (AvgIpc) is 2.76. The molecule has 0 radical (unpaired) electrons. The molecule has 0 saturated carbocycles. The lowest BCUT2D eigenvalue weighted by molar-refractivity contribution is -0.144. The van der Waals surface area contributed by atoms with Crippen LogP contribution in [0.2, 0.25) is 0 Å². The monoisotopic (exact) mass is 479 g/mol. The largest absolute Gasteiger partial charge is 0.480 e. The standard InChI is InChI=1S/C22H33N5O7/c1-12(2)8-15(25-19(30)14(23)9-13-6-4-3-5-7-13)20(31)27-17(11-28)21(32)26-16(22(33)34)10-18(24)29/h3-7,12,14-17,28H,8-11,23H2,1-2H3,(H2,24,29)(H,25,30)(H,26,32)(H,27,31)(H,33,34). The number of aliphatic carboxylic acids is 1. The van der Waals surface area contributed by atoms with Gasteiger partial charge in [0.1, 0.15) is 18.1 Å². The van der Waals surface area contributed by atoms with Gasteiger partial charge in [0.15, 0.2) is 0 Å². The van der Waals surface area contributed by atoms with Crippen molar-refractivity contribution in [1.82, 2.24) is 16.0 Å². The van der Waals surface area contributed by atoms with Crippen LogP contribution in [0.3, 0.4) is 0 Å². The van der Waals surface area contributed by atoms with Crippen LogP contribution in [0.15, 0.2) is 30.3 Å². The number of primary amides is 1. The third-order valence-corrected chi connectivity index (χ3v) is 4.81. The zero-order chi connectivity index (χ0) is 25.8. The van der Waals surface area contributed by atoms with E-state index in [0.29, 0.717) is 0 Å². The third kappa shape index (κ3) is 9.96. The highest BCUT2D eigenvalue weighted by atomic mass is 16.4. The SMILES string of the molecule is CC(C)CC(NC(=O)C(N)Cc1ccccc1)C(=O)NC(CO)C(=O)NC(CC(N)=O)C(=O)O. The minimum atomic E-state index is -1.63. The van der Waals surface area contributed by atoms with Crippen molar-refractivity contribution in [1.29, 1.82) is 0 Å². The van der Waals surface area contributed by atoms with Crippen molar-refractivity contribution in [2.24, 2.45) is 17.4 Å². The first-order valence-corrected chi connectivity index (χ1v) is 10.8. The summed E-state index contributed by atoms with van der Waals surface area (Å²) in [5.74, 6) is -4.84. The molecule has 1 aromatic carbocycles. The molecule has 0 fully saturated rings. The molecule has 0 aliphatic rings. The van der Waals surface area contributed by atoms with E-state index < -0.39 is 66.8 Å². The molecule has 9 N–H and O–H groups in total. The van der Waals surface area contributed by atoms with Crippen molar-refractivity contribution in [3.05, 3.63) is 35.9 Å². The zero-order valence-electron chi connectivity index (χ0n) is 19.2. The molecule has 0 saturated heterocycles. The smallest absolute Gasteiger partial charge is 0.326 e. The van der Waals surface area contributed by atoms with E-state index in [-0.39, 0.29) is 18.8 Å². The van der Waals surface area contributed by atoms with E-state index in [1.54, 1.807) is 0 Å². The number of carbonyl (C=O) groups excluding carboxylic acids is 4. The number of nitrogens with two attached hydrogens (primary N) is 2. The molecule has 0 bridgehead atoms. The van der Waals surface area contributed by atoms with E-state index in [0.717, 1.165) is 5.56 Å². The average molecular weight is 480 g/mol. The van der Waals surface area contributed by atoms with Gasteiger partial charge in [-0.05, 0) is 24.3 Å². The molecule has 12 heteroatoms. The van der Waals surface area contributed by atoms with Gasteiger partial charge < -0.3 is 37.6 Å². The lowest BCUT2D eigenvalue weighted by Gasteiger charge is -2.25. The molecular formula is C22H33N5O7. The van der Waals surface area contributed by atoms with Crippen molar-refractivity contribution >= 4 is 29.6 Å². The van der Waals surface area contributed by atoms with Gasteiger partial charge in [-0.25, -0.2) is 4.79 Å². The predicted octanol–water partition coefficient (Wildman–Crippen LogP) is -1.99. The van der Waals surface area contributed by atoms with Gasteiger partial charge >= 0.3 is 5.97 Å². The Balaban J connectivity index is 2.85. The van der Waals surface area contributed by atoms with Gasteiger partial charge in [-0.3, -0.25) is 19.2 Å². The van der Waals surface area contributed by atoms with Crippen LogP contribution in [0, 0.1) is 5.92 Å². The Morgan fingerprint density at radius 3 is 1.91 bits per heavy atom. The highest BCUT2D eigenvalue weighted by Gasteiger charge is 2.31. The van der Waals surface area contributed by atoms with Crippen LogP contribution in [-0.4, -0.2) is 70.6 Å². The molecule has 0 spiro atoms. The first-order chi connectivity index (χ1) is 15.9. The highest BCUT2D eigenvalue weighted by Crippen LogP contribution is 2.08. The summed E-state index contributed by atoms with van der Waals surface area (Å²) >= 11 is 0. The summed E-state index contributed by atoms with van der Waals surface area (Å²) in [7, 11) is 0. The fourth-order valence-electron chi connectivity index (χ4n) is 3.08. The lowest BCUT2D eigenvalue weighted by Crippen LogP contribution is -2.58.